The molecule has 0 fully saturated rings. The molecule has 3 rings (SSSR count). The monoisotopic (exact) mass is 342 g/mol. The second-order valence-electron chi connectivity index (χ2n) is 5.39. The molecule has 6 nitrogen and oxygen atoms in total. The van der Waals surface area contributed by atoms with Crippen molar-refractivity contribution < 1.29 is 9.21 Å². The highest BCUT2D eigenvalue weighted by molar-refractivity contribution is 7.99. The average molecular weight is 342 g/mol. The molecule has 0 radical (unpaired) electrons. The van der Waals surface area contributed by atoms with E-state index in [0.717, 1.165) is 17.0 Å². The maximum absolute atomic E-state index is 12.3. The van der Waals surface area contributed by atoms with Gasteiger partial charge in [0.15, 0.2) is 5.16 Å². The van der Waals surface area contributed by atoms with Crippen molar-refractivity contribution in [2.45, 2.75) is 18.6 Å². The second-order valence-corrected chi connectivity index (χ2v) is 6.33. The van der Waals surface area contributed by atoms with Crippen LogP contribution in [0, 0.1) is 6.92 Å². The van der Waals surface area contributed by atoms with Crippen molar-refractivity contribution in [1.29, 1.82) is 0 Å². The molecule has 1 amide bonds. The normalized spacial score (nSPS) is 10.8. The van der Waals surface area contributed by atoms with Crippen molar-refractivity contribution in [1.82, 2.24) is 19.7 Å². The van der Waals surface area contributed by atoms with E-state index in [1.54, 1.807) is 24.5 Å². The number of furan rings is 1. The summed E-state index contributed by atoms with van der Waals surface area (Å²) < 4.78 is 7.17. The van der Waals surface area contributed by atoms with Crippen molar-refractivity contribution in [3.8, 4) is 5.69 Å². The number of hydrogen-bond acceptors (Lipinski definition) is 5. The van der Waals surface area contributed by atoms with E-state index in [1.807, 2.05) is 47.9 Å². The average Bonchev–Trinajstić information content (AvgIpc) is 3.24. The lowest BCUT2D eigenvalue weighted by Crippen LogP contribution is -2.27. The molecule has 0 spiro atoms. The zero-order chi connectivity index (χ0) is 16.9. The van der Waals surface area contributed by atoms with Crippen LogP contribution in [0.3, 0.4) is 0 Å². The highest BCUT2D eigenvalue weighted by Crippen LogP contribution is 2.22. The van der Waals surface area contributed by atoms with Crippen molar-refractivity contribution in [3.05, 3.63) is 60.3 Å². The summed E-state index contributed by atoms with van der Waals surface area (Å²) >= 11 is 1.37. The largest absolute Gasteiger partial charge is 0.467 e. The smallest absolute Gasteiger partial charge is 0.233 e. The van der Waals surface area contributed by atoms with Gasteiger partial charge in [0, 0.05) is 7.05 Å². The Morgan fingerprint density at radius 2 is 2.12 bits per heavy atom. The van der Waals surface area contributed by atoms with Crippen LogP contribution in [-0.4, -0.2) is 38.4 Å². The van der Waals surface area contributed by atoms with Gasteiger partial charge in [0.1, 0.15) is 12.1 Å². The summed E-state index contributed by atoms with van der Waals surface area (Å²) in [5.41, 5.74) is 2.14. The highest BCUT2D eigenvalue weighted by Gasteiger charge is 2.14. The molecular formula is C17H18N4O2S. The molecule has 0 aliphatic heterocycles. The fraction of sp³-hybridized carbons (Fsp3) is 0.235. The topological polar surface area (TPSA) is 64.2 Å². The number of carbonyl (C=O) groups is 1. The van der Waals surface area contributed by atoms with Gasteiger partial charge in [-0.15, -0.1) is 10.2 Å². The van der Waals surface area contributed by atoms with E-state index in [0.29, 0.717) is 17.5 Å². The third kappa shape index (κ3) is 3.68. The van der Waals surface area contributed by atoms with Gasteiger partial charge in [-0.1, -0.05) is 30.0 Å². The Bertz CT molecular complexity index is 814. The van der Waals surface area contributed by atoms with Gasteiger partial charge in [-0.25, -0.2) is 0 Å². The second kappa shape index (κ2) is 7.35. The van der Waals surface area contributed by atoms with E-state index in [-0.39, 0.29) is 5.91 Å². The molecule has 0 N–H and O–H groups in total. The fourth-order valence-electron chi connectivity index (χ4n) is 2.28. The SMILES string of the molecule is Cc1ccccc1-n1cnnc1SCC(=O)N(C)Cc1ccco1. The van der Waals surface area contributed by atoms with E-state index in [9.17, 15) is 4.79 Å². The molecule has 2 aromatic heterocycles. The van der Waals surface area contributed by atoms with Crippen molar-refractivity contribution in [3.63, 3.8) is 0 Å². The van der Waals surface area contributed by atoms with Gasteiger partial charge in [0.05, 0.1) is 24.2 Å². The first-order valence-corrected chi connectivity index (χ1v) is 8.49. The number of aryl methyl sites for hydroxylation is 1. The molecule has 0 atom stereocenters. The van der Waals surface area contributed by atoms with Crippen LogP contribution in [0.1, 0.15) is 11.3 Å². The minimum Gasteiger partial charge on any atom is -0.467 e. The summed E-state index contributed by atoms with van der Waals surface area (Å²) in [6, 6.07) is 11.7. The molecule has 0 aliphatic carbocycles. The summed E-state index contributed by atoms with van der Waals surface area (Å²) in [5.74, 6) is 1.07. The van der Waals surface area contributed by atoms with Crippen molar-refractivity contribution in [2.24, 2.45) is 0 Å². The Morgan fingerprint density at radius 1 is 1.29 bits per heavy atom. The third-order valence-corrected chi connectivity index (χ3v) is 4.54. The predicted molar refractivity (Wildman–Crippen MR) is 92.0 cm³/mol. The molecular weight excluding hydrogens is 324 g/mol. The molecule has 24 heavy (non-hydrogen) atoms. The van der Waals surface area contributed by atoms with Crippen LogP contribution in [0.2, 0.25) is 0 Å². The number of thioether (sulfide) groups is 1. The Hall–Kier alpha value is -2.54. The van der Waals surface area contributed by atoms with Crippen molar-refractivity contribution in [2.75, 3.05) is 12.8 Å². The molecule has 2 heterocycles. The van der Waals surface area contributed by atoms with Gasteiger partial charge < -0.3 is 9.32 Å². The Morgan fingerprint density at radius 3 is 2.88 bits per heavy atom. The number of hydrogen-bond donors (Lipinski definition) is 0. The summed E-state index contributed by atoms with van der Waals surface area (Å²) in [6.07, 6.45) is 3.27. The third-order valence-electron chi connectivity index (χ3n) is 3.62. The number of aromatic nitrogens is 3. The Labute approximate surface area is 144 Å². The number of benzene rings is 1. The van der Waals surface area contributed by atoms with Gasteiger partial charge in [0.25, 0.3) is 0 Å². The maximum atomic E-state index is 12.3. The molecule has 7 heteroatoms. The lowest BCUT2D eigenvalue weighted by Gasteiger charge is -2.15. The van der Waals surface area contributed by atoms with Crippen LogP contribution < -0.4 is 0 Å². The number of carbonyl (C=O) groups excluding carboxylic acids is 1. The number of rotatable bonds is 6. The van der Waals surface area contributed by atoms with Crippen LogP contribution in [0.5, 0.6) is 0 Å². The Balaban J connectivity index is 1.64. The van der Waals surface area contributed by atoms with Gasteiger partial charge >= 0.3 is 0 Å². The zero-order valence-electron chi connectivity index (χ0n) is 13.5. The van der Waals surface area contributed by atoms with Gasteiger partial charge in [-0.3, -0.25) is 9.36 Å². The van der Waals surface area contributed by atoms with E-state index in [4.69, 9.17) is 4.42 Å². The maximum Gasteiger partial charge on any atom is 0.233 e. The quantitative estimate of drug-likeness (QED) is 0.645. The van der Waals surface area contributed by atoms with Crippen LogP contribution in [0.25, 0.3) is 5.69 Å². The van der Waals surface area contributed by atoms with Crippen LogP contribution in [0.4, 0.5) is 0 Å². The summed E-state index contributed by atoms with van der Waals surface area (Å²) in [7, 11) is 1.76. The lowest BCUT2D eigenvalue weighted by atomic mass is 10.2. The fourth-order valence-corrected chi connectivity index (χ4v) is 3.15. The van der Waals surface area contributed by atoms with E-state index in [2.05, 4.69) is 10.2 Å². The molecule has 124 valence electrons. The van der Waals surface area contributed by atoms with E-state index in [1.165, 1.54) is 11.8 Å². The van der Waals surface area contributed by atoms with E-state index < -0.39 is 0 Å². The van der Waals surface area contributed by atoms with Gasteiger partial charge in [-0.05, 0) is 30.7 Å². The number of nitrogens with zero attached hydrogens (tertiary/aromatic N) is 4. The Kier molecular flexibility index (Phi) is 5.00. The van der Waals surface area contributed by atoms with E-state index >= 15 is 0 Å². The first-order valence-electron chi connectivity index (χ1n) is 7.50. The minimum atomic E-state index is 0.00994. The first-order chi connectivity index (χ1) is 11.6. The summed E-state index contributed by atoms with van der Waals surface area (Å²) in [5, 5.41) is 8.80. The summed E-state index contributed by atoms with van der Waals surface area (Å²) in [4.78, 5) is 13.9. The molecule has 0 bridgehead atoms. The zero-order valence-corrected chi connectivity index (χ0v) is 14.4. The first kappa shape index (κ1) is 16.3. The van der Waals surface area contributed by atoms with Crippen LogP contribution in [0.15, 0.2) is 58.6 Å². The highest BCUT2D eigenvalue weighted by atomic mass is 32.2. The number of para-hydroxylation sites is 1. The van der Waals surface area contributed by atoms with Gasteiger partial charge in [-0.2, -0.15) is 0 Å². The lowest BCUT2D eigenvalue weighted by molar-refractivity contribution is -0.127. The molecule has 3 aromatic rings. The van der Waals surface area contributed by atoms with Gasteiger partial charge in [0.2, 0.25) is 5.91 Å². The standard InChI is InChI=1S/C17H18N4O2S/c1-13-6-3-4-8-15(13)21-12-18-19-17(21)24-11-16(22)20(2)10-14-7-5-9-23-14/h3-9,12H,10-11H2,1-2H3. The molecule has 0 aliphatic rings. The van der Waals surface area contributed by atoms with Crippen LogP contribution >= 0.6 is 11.8 Å². The number of amides is 1. The molecule has 0 saturated heterocycles. The summed E-state index contributed by atoms with van der Waals surface area (Å²) in [6.45, 7) is 2.49. The molecule has 0 saturated carbocycles. The van der Waals surface area contributed by atoms with Crippen molar-refractivity contribution >= 4 is 17.7 Å². The molecule has 0 unspecified atom stereocenters. The molecule has 1 aromatic carbocycles. The van der Waals surface area contributed by atoms with Crippen LogP contribution in [-0.2, 0) is 11.3 Å². The predicted octanol–water partition coefficient (Wildman–Crippen LogP) is 2.92. The minimum absolute atomic E-state index is 0.00994.